The van der Waals surface area contributed by atoms with Crippen molar-refractivity contribution < 1.29 is 23.1 Å². The van der Waals surface area contributed by atoms with E-state index in [1.807, 2.05) is 0 Å². The van der Waals surface area contributed by atoms with Crippen molar-refractivity contribution in [1.29, 1.82) is 0 Å². The van der Waals surface area contributed by atoms with Crippen LogP contribution in [0.1, 0.15) is 24.8 Å². The van der Waals surface area contributed by atoms with Gasteiger partial charge >= 0.3 is 12.1 Å². The lowest BCUT2D eigenvalue weighted by Crippen LogP contribution is -2.43. The van der Waals surface area contributed by atoms with Gasteiger partial charge in [-0.25, -0.2) is 0 Å². The van der Waals surface area contributed by atoms with Crippen LogP contribution in [-0.2, 0) is 11.0 Å². The lowest BCUT2D eigenvalue weighted by molar-refractivity contribution is -0.153. The maximum Gasteiger partial charge on any atom is 0.418 e. The van der Waals surface area contributed by atoms with Crippen molar-refractivity contribution in [3.05, 3.63) is 28.2 Å². The summed E-state index contributed by atoms with van der Waals surface area (Å²) in [5.41, 5.74) is -1.83. The summed E-state index contributed by atoms with van der Waals surface area (Å²) in [6.07, 6.45) is -2.70. The van der Waals surface area contributed by atoms with Crippen LogP contribution in [0, 0.1) is 5.41 Å². The Bertz CT molecular complexity index is 527. The second-order valence-electron chi connectivity index (χ2n) is 4.98. The highest BCUT2D eigenvalue weighted by Crippen LogP contribution is 2.42. The molecule has 2 rings (SSSR count). The minimum atomic E-state index is -4.47. The van der Waals surface area contributed by atoms with E-state index in [0.717, 1.165) is 12.5 Å². The first-order valence-electron chi connectivity index (χ1n) is 6.09. The number of alkyl halides is 3. The molecule has 0 aliphatic heterocycles. The van der Waals surface area contributed by atoms with Gasteiger partial charge in [0, 0.05) is 16.7 Å². The van der Waals surface area contributed by atoms with Crippen LogP contribution in [0.5, 0.6) is 0 Å². The molecule has 1 aromatic carbocycles. The highest BCUT2D eigenvalue weighted by molar-refractivity contribution is 9.10. The summed E-state index contributed by atoms with van der Waals surface area (Å²) in [6.45, 7) is 0.00185. The van der Waals surface area contributed by atoms with E-state index < -0.39 is 23.1 Å². The van der Waals surface area contributed by atoms with Gasteiger partial charge in [-0.3, -0.25) is 4.79 Å². The van der Waals surface area contributed by atoms with Crippen LogP contribution in [0.4, 0.5) is 18.9 Å². The standard InChI is InChI=1S/C13H13BrF3NO2/c14-8-2-3-9(13(15,16)17)10(6-8)18-7-12(11(19)20)4-1-5-12/h2-3,6,18H,1,4-5,7H2,(H,19,20). The number of hydrogen-bond donors (Lipinski definition) is 2. The Balaban J connectivity index is 2.21. The van der Waals surface area contributed by atoms with E-state index in [1.165, 1.54) is 12.1 Å². The minimum Gasteiger partial charge on any atom is -0.481 e. The summed E-state index contributed by atoms with van der Waals surface area (Å²) < 4.78 is 39.2. The summed E-state index contributed by atoms with van der Waals surface area (Å²) in [6, 6.07) is 3.60. The van der Waals surface area contributed by atoms with E-state index in [4.69, 9.17) is 0 Å². The Labute approximate surface area is 122 Å². The number of nitrogens with one attached hydrogen (secondary N) is 1. The normalized spacial score (nSPS) is 17.4. The van der Waals surface area contributed by atoms with Crippen molar-refractivity contribution in [3.63, 3.8) is 0 Å². The highest BCUT2D eigenvalue weighted by Gasteiger charge is 2.44. The summed E-state index contributed by atoms with van der Waals surface area (Å²) in [5, 5.41) is 11.8. The van der Waals surface area contributed by atoms with Crippen LogP contribution in [0.3, 0.4) is 0 Å². The van der Waals surface area contributed by atoms with Gasteiger partial charge in [-0.05, 0) is 31.0 Å². The lowest BCUT2D eigenvalue weighted by Gasteiger charge is -2.38. The van der Waals surface area contributed by atoms with E-state index in [-0.39, 0.29) is 12.2 Å². The Morgan fingerprint density at radius 3 is 2.50 bits per heavy atom. The molecule has 20 heavy (non-hydrogen) atoms. The monoisotopic (exact) mass is 351 g/mol. The van der Waals surface area contributed by atoms with E-state index in [2.05, 4.69) is 21.2 Å². The molecule has 0 unspecified atom stereocenters. The second-order valence-corrected chi connectivity index (χ2v) is 5.90. The van der Waals surface area contributed by atoms with Gasteiger partial charge in [-0.15, -0.1) is 0 Å². The largest absolute Gasteiger partial charge is 0.481 e. The third-order valence-electron chi connectivity index (χ3n) is 3.67. The Morgan fingerprint density at radius 1 is 1.40 bits per heavy atom. The van der Waals surface area contributed by atoms with Crippen LogP contribution in [0.2, 0.25) is 0 Å². The van der Waals surface area contributed by atoms with Gasteiger partial charge in [0.25, 0.3) is 0 Å². The number of rotatable bonds is 4. The van der Waals surface area contributed by atoms with Gasteiger partial charge in [0.05, 0.1) is 11.0 Å². The first-order valence-corrected chi connectivity index (χ1v) is 6.88. The van der Waals surface area contributed by atoms with Crippen molar-refractivity contribution in [3.8, 4) is 0 Å². The highest BCUT2D eigenvalue weighted by atomic mass is 79.9. The first-order chi connectivity index (χ1) is 9.24. The fourth-order valence-electron chi connectivity index (χ4n) is 2.24. The quantitative estimate of drug-likeness (QED) is 0.857. The summed E-state index contributed by atoms with van der Waals surface area (Å²) in [5.74, 6) is -0.959. The second kappa shape index (κ2) is 5.27. The summed E-state index contributed by atoms with van der Waals surface area (Å²) in [7, 11) is 0. The smallest absolute Gasteiger partial charge is 0.418 e. The number of carboxylic acids is 1. The molecule has 1 fully saturated rings. The third kappa shape index (κ3) is 2.92. The van der Waals surface area contributed by atoms with E-state index in [1.54, 1.807) is 0 Å². The molecule has 0 saturated heterocycles. The molecule has 0 spiro atoms. The van der Waals surface area contributed by atoms with Crippen molar-refractivity contribution in [1.82, 2.24) is 0 Å². The molecule has 7 heteroatoms. The van der Waals surface area contributed by atoms with E-state index in [0.29, 0.717) is 17.3 Å². The van der Waals surface area contributed by atoms with Gasteiger partial charge in [0.1, 0.15) is 0 Å². The van der Waals surface area contributed by atoms with Gasteiger partial charge < -0.3 is 10.4 Å². The molecule has 1 aliphatic carbocycles. The predicted molar refractivity (Wildman–Crippen MR) is 71.6 cm³/mol. The number of anilines is 1. The lowest BCUT2D eigenvalue weighted by atomic mass is 9.69. The predicted octanol–water partition coefficient (Wildman–Crippen LogP) is 4.13. The number of hydrogen-bond acceptors (Lipinski definition) is 2. The maximum absolute atomic E-state index is 12.9. The minimum absolute atomic E-state index is 0.00185. The van der Waals surface area contributed by atoms with Gasteiger partial charge in [0.15, 0.2) is 0 Å². The van der Waals surface area contributed by atoms with Crippen molar-refractivity contribution in [2.45, 2.75) is 25.4 Å². The topological polar surface area (TPSA) is 49.3 Å². The molecule has 0 heterocycles. The summed E-state index contributed by atoms with van der Waals surface area (Å²) in [4.78, 5) is 11.2. The van der Waals surface area contributed by atoms with Crippen LogP contribution in [0.25, 0.3) is 0 Å². The molecular weight excluding hydrogens is 339 g/mol. The maximum atomic E-state index is 12.9. The van der Waals surface area contributed by atoms with Crippen LogP contribution < -0.4 is 5.32 Å². The van der Waals surface area contributed by atoms with Gasteiger partial charge in [-0.1, -0.05) is 22.4 Å². The number of carbonyl (C=O) groups is 1. The molecule has 0 amide bonds. The zero-order valence-corrected chi connectivity index (χ0v) is 12.0. The van der Waals surface area contributed by atoms with Crippen molar-refractivity contribution >= 4 is 27.6 Å². The molecule has 3 nitrogen and oxygen atoms in total. The first kappa shape index (κ1) is 15.2. The molecule has 0 radical (unpaired) electrons. The zero-order valence-electron chi connectivity index (χ0n) is 10.4. The molecule has 2 N–H and O–H groups in total. The Kier molecular flexibility index (Phi) is 4.00. The van der Waals surface area contributed by atoms with Crippen LogP contribution >= 0.6 is 15.9 Å². The SMILES string of the molecule is O=C(O)C1(CNc2cc(Br)ccc2C(F)(F)F)CCC1. The molecule has 0 aromatic heterocycles. The van der Waals surface area contributed by atoms with E-state index in [9.17, 15) is 23.1 Å². The van der Waals surface area contributed by atoms with Crippen LogP contribution in [-0.4, -0.2) is 17.6 Å². The molecule has 1 aromatic rings. The molecule has 0 atom stereocenters. The van der Waals surface area contributed by atoms with Crippen molar-refractivity contribution in [2.75, 3.05) is 11.9 Å². The molecule has 1 aliphatic rings. The average Bonchev–Trinajstić information content (AvgIpc) is 2.25. The molecular formula is C13H13BrF3NO2. The summed E-state index contributed by atoms with van der Waals surface area (Å²) >= 11 is 3.12. The van der Waals surface area contributed by atoms with Crippen LogP contribution in [0.15, 0.2) is 22.7 Å². The average molecular weight is 352 g/mol. The number of carboxylic acid groups (broad SMARTS) is 1. The van der Waals surface area contributed by atoms with Gasteiger partial charge in [-0.2, -0.15) is 13.2 Å². The molecule has 110 valence electrons. The number of aliphatic carboxylic acids is 1. The number of benzene rings is 1. The number of halogens is 4. The molecule has 0 bridgehead atoms. The van der Waals surface area contributed by atoms with Crippen molar-refractivity contribution in [2.24, 2.45) is 5.41 Å². The molecule has 1 saturated carbocycles. The zero-order chi connectivity index (χ0) is 15.0. The van der Waals surface area contributed by atoms with E-state index >= 15 is 0 Å². The Morgan fingerprint density at radius 2 is 2.05 bits per heavy atom. The fourth-order valence-corrected chi connectivity index (χ4v) is 2.61. The Hall–Kier alpha value is -1.24. The van der Waals surface area contributed by atoms with Gasteiger partial charge in [0.2, 0.25) is 0 Å². The third-order valence-corrected chi connectivity index (χ3v) is 4.16. The fraction of sp³-hybridized carbons (Fsp3) is 0.462.